The van der Waals surface area contributed by atoms with Gasteiger partial charge in [0.2, 0.25) is 0 Å². The van der Waals surface area contributed by atoms with Crippen LogP contribution >= 0.6 is 0 Å². The minimum Gasteiger partial charge on any atom is -0.314 e. The lowest BCUT2D eigenvalue weighted by Crippen LogP contribution is -2.35. The Kier molecular flexibility index (Phi) is 3.57. The molecule has 1 fully saturated rings. The molecule has 0 aromatic heterocycles. The Morgan fingerprint density at radius 2 is 2.17 bits per heavy atom. The van der Waals surface area contributed by atoms with Gasteiger partial charge in [-0.2, -0.15) is 0 Å². The highest BCUT2D eigenvalue weighted by molar-refractivity contribution is 4.87. The summed E-state index contributed by atoms with van der Waals surface area (Å²) < 4.78 is 0. The Hall–Kier alpha value is -0.0400. The maximum Gasteiger partial charge on any atom is 0.00987 e. The zero-order chi connectivity index (χ0) is 9.03. The van der Waals surface area contributed by atoms with Gasteiger partial charge in [0.1, 0.15) is 0 Å². The normalized spacial score (nSPS) is 25.8. The Balaban J connectivity index is 2.13. The highest BCUT2D eigenvalue weighted by Crippen LogP contribution is 2.23. The van der Waals surface area contributed by atoms with Crippen molar-refractivity contribution in [3.63, 3.8) is 0 Å². The topological polar surface area (TPSA) is 12.0 Å². The first kappa shape index (κ1) is 10.0. The fourth-order valence-electron chi connectivity index (χ4n) is 1.60. The molecular formula is C11H22N. The molecule has 1 rings (SSSR count). The van der Waals surface area contributed by atoms with Crippen molar-refractivity contribution in [1.82, 2.24) is 5.32 Å². The molecule has 1 radical (unpaired) electrons. The summed E-state index contributed by atoms with van der Waals surface area (Å²) in [5.41, 5.74) is 0.493. The molecule has 0 saturated carbocycles. The number of hydrogen-bond acceptors (Lipinski definition) is 1. The summed E-state index contributed by atoms with van der Waals surface area (Å²) in [5, 5.41) is 3.54. The minimum absolute atomic E-state index is 0.493. The lowest BCUT2D eigenvalue weighted by atomic mass is 9.87. The third-order valence-electron chi connectivity index (χ3n) is 2.44. The molecule has 0 spiro atoms. The van der Waals surface area contributed by atoms with E-state index < -0.39 is 0 Å². The van der Waals surface area contributed by atoms with Gasteiger partial charge in [0.05, 0.1) is 0 Å². The first-order valence-electron chi connectivity index (χ1n) is 5.15. The molecular weight excluding hydrogens is 146 g/mol. The van der Waals surface area contributed by atoms with Crippen molar-refractivity contribution < 1.29 is 0 Å². The highest BCUT2D eigenvalue weighted by atomic mass is 14.9. The average molecular weight is 168 g/mol. The van der Waals surface area contributed by atoms with Gasteiger partial charge in [0, 0.05) is 6.04 Å². The summed E-state index contributed by atoms with van der Waals surface area (Å²) in [6.07, 6.45) is 7.70. The lowest BCUT2D eigenvalue weighted by molar-refractivity contribution is 0.330. The molecule has 12 heavy (non-hydrogen) atoms. The zero-order valence-corrected chi connectivity index (χ0v) is 8.69. The Labute approximate surface area is 76.9 Å². The molecule has 1 heterocycles. The van der Waals surface area contributed by atoms with Crippen molar-refractivity contribution >= 4 is 0 Å². The van der Waals surface area contributed by atoms with Gasteiger partial charge in [-0.3, -0.25) is 0 Å². The predicted octanol–water partition coefficient (Wildman–Crippen LogP) is 2.77. The van der Waals surface area contributed by atoms with E-state index in [0.29, 0.717) is 11.5 Å². The maximum atomic E-state index is 3.54. The van der Waals surface area contributed by atoms with Gasteiger partial charge in [-0.1, -0.05) is 20.8 Å². The Bertz CT molecular complexity index is 117. The number of rotatable bonds is 2. The molecule has 1 atom stereocenters. The molecule has 71 valence electrons. The van der Waals surface area contributed by atoms with Crippen molar-refractivity contribution in [3.8, 4) is 0 Å². The molecule has 0 bridgehead atoms. The van der Waals surface area contributed by atoms with Crippen molar-refractivity contribution in [1.29, 1.82) is 0 Å². The summed E-state index contributed by atoms with van der Waals surface area (Å²) in [5.74, 6) is 0. The molecule has 0 aliphatic carbocycles. The highest BCUT2D eigenvalue weighted by Gasteiger charge is 2.16. The molecule has 1 N–H and O–H groups in total. The van der Waals surface area contributed by atoms with E-state index in [0.717, 1.165) is 0 Å². The van der Waals surface area contributed by atoms with E-state index in [-0.39, 0.29) is 0 Å². The van der Waals surface area contributed by atoms with Crippen molar-refractivity contribution in [2.75, 3.05) is 6.54 Å². The van der Waals surface area contributed by atoms with E-state index in [1.807, 2.05) is 0 Å². The monoisotopic (exact) mass is 168 g/mol. The fourth-order valence-corrected chi connectivity index (χ4v) is 1.60. The van der Waals surface area contributed by atoms with Crippen LogP contribution in [-0.2, 0) is 0 Å². The van der Waals surface area contributed by atoms with Crippen LogP contribution in [0.3, 0.4) is 0 Å². The Morgan fingerprint density at radius 3 is 2.67 bits per heavy atom. The molecule has 0 aromatic carbocycles. The van der Waals surface area contributed by atoms with Crippen molar-refractivity contribution in [3.05, 3.63) is 6.42 Å². The molecule has 1 unspecified atom stereocenters. The maximum absolute atomic E-state index is 3.54. The quantitative estimate of drug-likeness (QED) is 0.668. The number of piperidine rings is 1. The van der Waals surface area contributed by atoms with Crippen molar-refractivity contribution in [2.24, 2.45) is 5.41 Å². The van der Waals surface area contributed by atoms with Crippen LogP contribution in [0.15, 0.2) is 0 Å². The van der Waals surface area contributed by atoms with E-state index in [1.165, 1.54) is 32.2 Å². The van der Waals surface area contributed by atoms with E-state index in [4.69, 9.17) is 0 Å². The van der Waals surface area contributed by atoms with Gasteiger partial charge in [-0.05, 0) is 44.1 Å². The van der Waals surface area contributed by atoms with Crippen LogP contribution in [-0.4, -0.2) is 12.6 Å². The van der Waals surface area contributed by atoms with Gasteiger partial charge in [-0.25, -0.2) is 0 Å². The molecule has 1 nitrogen and oxygen atoms in total. The zero-order valence-electron chi connectivity index (χ0n) is 8.69. The predicted molar refractivity (Wildman–Crippen MR) is 54.0 cm³/mol. The second-order valence-corrected chi connectivity index (χ2v) is 5.04. The second-order valence-electron chi connectivity index (χ2n) is 5.04. The summed E-state index contributed by atoms with van der Waals surface area (Å²) in [7, 11) is 0. The van der Waals surface area contributed by atoms with Gasteiger partial charge in [0.25, 0.3) is 0 Å². The van der Waals surface area contributed by atoms with Gasteiger partial charge >= 0.3 is 0 Å². The lowest BCUT2D eigenvalue weighted by Gasteiger charge is -2.26. The molecule has 1 aliphatic heterocycles. The first-order chi connectivity index (χ1) is 5.58. The van der Waals surface area contributed by atoms with Crippen LogP contribution in [0.5, 0.6) is 0 Å². The SMILES string of the molecule is CC(C)(C)CCC1[CH]CCCN1. The van der Waals surface area contributed by atoms with Gasteiger partial charge in [-0.15, -0.1) is 0 Å². The van der Waals surface area contributed by atoms with Crippen LogP contribution in [0.1, 0.15) is 46.5 Å². The molecule has 1 aliphatic rings. The fraction of sp³-hybridized carbons (Fsp3) is 0.909. The summed E-state index contributed by atoms with van der Waals surface area (Å²) in [6, 6.07) is 0.693. The third-order valence-corrected chi connectivity index (χ3v) is 2.44. The molecule has 0 aromatic rings. The van der Waals surface area contributed by atoms with E-state index >= 15 is 0 Å². The van der Waals surface area contributed by atoms with Crippen LogP contribution in [0.4, 0.5) is 0 Å². The van der Waals surface area contributed by atoms with Gasteiger partial charge in [0.15, 0.2) is 0 Å². The van der Waals surface area contributed by atoms with Crippen molar-refractivity contribution in [2.45, 2.75) is 52.5 Å². The van der Waals surface area contributed by atoms with E-state index in [2.05, 4.69) is 32.5 Å². The van der Waals surface area contributed by atoms with Crippen LogP contribution in [0.25, 0.3) is 0 Å². The van der Waals surface area contributed by atoms with Crippen LogP contribution < -0.4 is 5.32 Å². The molecule has 1 heteroatoms. The average Bonchev–Trinajstić information content (AvgIpc) is 2.02. The van der Waals surface area contributed by atoms with Crippen LogP contribution in [0.2, 0.25) is 0 Å². The first-order valence-corrected chi connectivity index (χ1v) is 5.15. The molecule has 1 saturated heterocycles. The second kappa shape index (κ2) is 4.27. The Morgan fingerprint density at radius 1 is 1.42 bits per heavy atom. The standard InChI is InChI=1S/C11H22N/c1-11(2,3)8-7-10-6-4-5-9-12-10/h6,10,12H,4-5,7-9H2,1-3H3. The summed E-state index contributed by atoms with van der Waals surface area (Å²) in [4.78, 5) is 0. The largest absolute Gasteiger partial charge is 0.314 e. The number of nitrogens with one attached hydrogen (secondary N) is 1. The van der Waals surface area contributed by atoms with E-state index in [9.17, 15) is 0 Å². The molecule has 0 amide bonds. The third kappa shape index (κ3) is 4.10. The minimum atomic E-state index is 0.493. The summed E-state index contributed by atoms with van der Waals surface area (Å²) >= 11 is 0. The number of hydrogen-bond donors (Lipinski definition) is 1. The van der Waals surface area contributed by atoms with E-state index in [1.54, 1.807) is 0 Å². The van der Waals surface area contributed by atoms with Crippen LogP contribution in [0, 0.1) is 11.8 Å². The van der Waals surface area contributed by atoms with Gasteiger partial charge < -0.3 is 5.32 Å². The summed E-state index contributed by atoms with van der Waals surface area (Å²) in [6.45, 7) is 8.16. The smallest absolute Gasteiger partial charge is 0.00987 e.